The van der Waals surface area contributed by atoms with E-state index in [1.165, 1.54) is 0 Å². The Morgan fingerprint density at radius 3 is 2.69 bits per heavy atom. The molecule has 0 unspecified atom stereocenters. The molecule has 5 heteroatoms. The SMILES string of the molecule is CC(=O)N(CCC#N)CCN1CCOCC1. The Morgan fingerprint density at radius 1 is 1.44 bits per heavy atom. The molecular formula is C11H19N3O2. The highest BCUT2D eigenvalue weighted by molar-refractivity contribution is 5.73. The maximum absolute atomic E-state index is 11.3. The van der Waals surface area contributed by atoms with Crippen molar-refractivity contribution < 1.29 is 9.53 Å². The van der Waals surface area contributed by atoms with E-state index in [9.17, 15) is 4.79 Å². The van der Waals surface area contributed by atoms with Crippen molar-refractivity contribution in [1.29, 1.82) is 5.26 Å². The van der Waals surface area contributed by atoms with Gasteiger partial charge in [0.15, 0.2) is 0 Å². The Bertz CT molecular complexity index is 256. The van der Waals surface area contributed by atoms with Crippen LogP contribution in [0.3, 0.4) is 0 Å². The van der Waals surface area contributed by atoms with Gasteiger partial charge in [0.25, 0.3) is 0 Å². The summed E-state index contributed by atoms with van der Waals surface area (Å²) in [6, 6.07) is 2.06. The molecular weight excluding hydrogens is 206 g/mol. The third-order valence-electron chi connectivity index (χ3n) is 2.73. The second kappa shape index (κ2) is 7.20. The molecule has 0 bridgehead atoms. The largest absolute Gasteiger partial charge is 0.379 e. The molecule has 0 spiro atoms. The number of amides is 1. The smallest absolute Gasteiger partial charge is 0.219 e. The molecule has 0 atom stereocenters. The number of nitrogens with zero attached hydrogens (tertiary/aromatic N) is 3. The molecule has 1 fully saturated rings. The van der Waals surface area contributed by atoms with Crippen LogP contribution in [0.5, 0.6) is 0 Å². The predicted molar refractivity (Wildman–Crippen MR) is 59.7 cm³/mol. The van der Waals surface area contributed by atoms with E-state index in [2.05, 4.69) is 11.0 Å². The summed E-state index contributed by atoms with van der Waals surface area (Å²) in [4.78, 5) is 15.3. The lowest BCUT2D eigenvalue weighted by Crippen LogP contribution is -2.42. The maximum atomic E-state index is 11.3. The quantitative estimate of drug-likeness (QED) is 0.665. The average molecular weight is 225 g/mol. The topological polar surface area (TPSA) is 56.6 Å². The first-order chi connectivity index (χ1) is 7.74. The predicted octanol–water partition coefficient (Wildman–Crippen LogP) is 0.0808. The molecule has 5 nitrogen and oxygen atoms in total. The Labute approximate surface area is 96.6 Å². The summed E-state index contributed by atoms with van der Waals surface area (Å²) in [5, 5.41) is 8.50. The first kappa shape index (κ1) is 12.9. The molecule has 0 aliphatic carbocycles. The molecule has 1 aliphatic heterocycles. The summed E-state index contributed by atoms with van der Waals surface area (Å²) in [5.41, 5.74) is 0. The van der Waals surface area contributed by atoms with Crippen LogP contribution in [0.1, 0.15) is 13.3 Å². The lowest BCUT2D eigenvalue weighted by atomic mass is 10.3. The summed E-state index contributed by atoms with van der Waals surface area (Å²) >= 11 is 0. The second-order valence-electron chi connectivity index (χ2n) is 3.87. The third kappa shape index (κ3) is 4.60. The van der Waals surface area contributed by atoms with Gasteiger partial charge >= 0.3 is 0 Å². The highest BCUT2D eigenvalue weighted by atomic mass is 16.5. The third-order valence-corrected chi connectivity index (χ3v) is 2.73. The molecule has 0 aromatic heterocycles. The fourth-order valence-corrected chi connectivity index (χ4v) is 1.70. The van der Waals surface area contributed by atoms with Gasteiger partial charge in [0.2, 0.25) is 5.91 Å². The van der Waals surface area contributed by atoms with Gasteiger partial charge in [-0.25, -0.2) is 0 Å². The van der Waals surface area contributed by atoms with Crippen LogP contribution in [0, 0.1) is 11.3 Å². The van der Waals surface area contributed by atoms with E-state index in [0.717, 1.165) is 32.8 Å². The maximum Gasteiger partial charge on any atom is 0.219 e. The van der Waals surface area contributed by atoms with Crippen LogP contribution in [0.15, 0.2) is 0 Å². The van der Waals surface area contributed by atoms with Crippen LogP contribution in [0.4, 0.5) is 0 Å². The van der Waals surface area contributed by atoms with E-state index < -0.39 is 0 Å². The summed E-state index contributed by atoms with van der Waals surface area (Å²) in [6.45, 7) is 7.09. The molecule has 16 heavy (non-hydrogen) atoms. The summed E-state index contributed by atoms with van der Waals surface area (Å²) < 4.78 is 5.25. The van der Waals surface area contributed by atoms with Crippen LogP contribution in [0.2, 0.25) is 0 Å². The van der Waals surface area contributed by atoms with Gasteiger partial charge in [0.1, 0.15) is 0 Å². The molecule has 1 rings (SSSR count). The zero-order valence-electron chi connectivity index (χ0n) is 9.81. The highest BCUT2D eigenvalue weighted by Gasteiger charge is 2.13. The number of ether oxygens (including phenoxy) is 1. The Morgan fingerprint density at radius 2 is 2.12 bits per heavy atom. The second-order valence-corrected chi connectivity index (χ2v) is 3.87. The van der Waals surface area contributed by atoms with Gasteiger partial charge in [-0.15, -0.1) is 0 Å². The standard InChI is InChI=1S/C11H19N3O2/c1-11(15)14(4-2-3-12)6-5-13-7-9-16-10-8-13/h2,4-10H2,1H3. The van der Waals surface area contributed by atoms with Gasteiger partial charge in [0, 0.05) is 39.6 Å². The number of nitriles is 1. The fourth-order valence-electron chi connectivity index (χ4n) is 1.70. The van der Waals surface area contributed by atoms with Gasteiger partial charge < -0.3 is 9.64 Å². The Hall–Kier alpha value is -1.12. The normalized spacial score (nSPS) is 16.8. The van der Waals surface area contributed by atoms with E-state index >= 15 is 0 Å². The minimum Gasteiger partial charge on any atom is -0.379 e. The number of morpholine rings is 1. The first-order valence-corrected chi connectivity index (χ1v) is 5.66. The molecule has 1 aliphatic rings. The highest BCUT2D eigenvalue weighted by Crippen LogP contribution is 1.99. The van der Waals surface area contributed by atoms with Crippen LogP contribution in [-0.4, -0.2) is 61.6 Å². The lowest BCUT2D eigenvalue weighted by molar-refractivity contribution is -0.129. The van der Waals surface area contributed by atoms with Crippen molar-refractivity contribution in [2.45, 2.75) is 13.3 Å². The molecule has 90 valence electrons. The molecule has 0 aromatic rings. The van der Waals surface area contributed by atoms with Crippen molar-refractivity contribution in [2.24, 2.45) is 0 Å². The van der Waals surface area contributed by atoms with Crippen molar-refractivity contribution >= 4 is 5.91 Å². The Kier molecular flexibility index (Phi) is 5.83. The van der Waals surface area contributed by atoms with Crippen molar-refractivity contribution in [3.63, 3.8) is 0 Å². The summed E-state index contributed by atoms with van der Waals surface area (Å²) in [6.07, 6.45) is 0.405. The first-order valence-electron chi connectivity index (χ1n) is 5.66. The van der Waals surface area contributed by atoms with Crippen molar-refractivity contribution in [2.75, 3.05) is 45.9 Å². The molecule has 1 saturated heterocycles. The number of hydrogen-bond acceptors (Lipinski definition) is 4. The van der Waals surface area contributed by atoms with E-state index in [1.807, 2.05) is 0 Å². The minimum atomic E-state index is 0.0449. The van der Waals surface area contributed by atoms with E-state index in [1.54, 1.807) is 11.8 Å². The van der Waals surface area contributed by atoms with E-state index in [0.29, 0.717) is 19.5 Å². The van der Waals surface area contributed by atoms with Crippen molar-refractivity contribution in [1.82, 2.24) is 9.80 Å². The van der Waals surface area contributed by atoms with E-state index in [-0.39, 0.29) is 5.91 Å². The van der Waals surface area contributed by atoms with Crippen LogP contribution in [-0.2, 0) is 9.53 Å². The number of carbonyl (C=O) groups is 1. The zero-order valence-corrected chi connectivity index (χ0v) is 9.81. The fraction of sp³-hybridized carbons (Fsp3) is 0.818. The van der Waals surface area contributed by atoms with Gasteiger partial charge in [-0.05, 0) is 0 Å². The van der Waals surface area contributed by atoms with E-state index in [4.69, 9.17) is 10.00 Å². The van der Waals surface area contributed by atoms with Gasteiger partial charge in [-0.3, -0.25) is 9.69 Å². The van der Waals surface area contributed by atoms with Gasteiger partial charge in [-0.2, -0.15) is 5.26 Å². The molecule has 0 saturated carbocycles. The lowest BCUT2D eigenvalue weighted by Gasteiger charge is -2.29. The Balaban J connectivity index is 2.25. The minimum absolute atomic E-state index is 0.0449. The average Bonchev–Trinajstić information content (AvgIpc) is 2.30. The van der Waals surface area contributed by atoms with Crippen LogP contribution in [0.25, 0.3) is 0 Å². The molecule has 0 aromatic carbocycles. The van der Waals surface area contributed by atoms with Crippen molar-refractivity contribution in [3.8, 4) is 6.07 Å². The monoisotopic (exact) mass is 225 g/mol. The van der Waals surface area contributed by atoms with Crippen LogP contribution >= 0.6 is 0 Å². The number of rotatable bonds is 5. The van der Waals surface area contributed by atoms with Crippen LogP contribution < -0.4 is 0 Å². The van der Waals surface area contributed by atoms with Gasteiger partial charge in [0.05, 0.1) is 25.7 Å². The molecule has 0 N–H and O–H groups in total. The zero-order chi connectivity index (χ0) is 11.8. The summed E-state index contributed by atoms with van der Waals surface area (Å²) in [7, 11) is 0. The van der Waals surface area contributed by atoms with Gasteiger partial charge in [-0.1, -0.05) is 0 Å². The summed E-state index contributed by atoms with van der Waals surface area (Å²) in [5.74, 6) is 0.0449. The number of hydrogen-bond donors (Lipinski definition) is 0. The molecule has 1 amide bonds. The molecule has 1 heterocycles. The van der Waals surface area contributed by atoms with Crippen molar-refractivity contribution in [3.05, 3.63) is 0 Å². The number of carbonyl (C=O) groups excluding carboxylic acids is 1. The molecule has 0 radical (unpaired) electrons.